The first-order chi connectivity index (χ1) is 9.92. The van der Waals surface area contributed by atoms with E-state index in [4.69, 9.17) is 5.11 Å². The molecular weight excluding hydrogens is 290 g/mol. The van der Waals surface area contributed by atoms with Crippen molar-refractivity contribution in [3.05, 3.63) is 11.1 Å². The zero-order valence-electron chi connectivity index (χ0n) is 12.6. The topological polar surface area (TPSA) is 73.7 Å². The Kier molecular flexibility index (Phi) is 4.95. The summed E-state index contributed by atoms with van der Waals surface area (Å²) < 4.78 is 0. The maximum absolute atomic E-state index is 11.5. The standard InChI is InChI=1S/C14H21N3O3S/c1-4-17(10(3)18)14-15-11(8-21-14)6-16-5-9(2)12(7-16)13(19)20/h8-9,12H,4-7H2,1-3H3,(H,19,20). The lowest BCUT2D eigenvalue weighted by Gasteiger charge is -2.15. The Morgan fingerprint density at radius 2 is 2.24 bits per heavy atom. The number of likely N-dealkylation sites (tertiary alicyclic amines) is 1. The number of aromatic nitrogens is 1. The van der Waals surface area contributed by atoms with Crippen molar-refractivity contribution in [3.8, 4) is 0 Å². The molecule has 1 aromatic heterocycles. The molecule has 21 heavy (non-hydrogen) atoms. The molecule has 1 fully saturated rings. The molecule has 1 saturated heterocycles. The molecule has 1 aliphatic rings. The molecule has 0 spiro atoms. The third-order valence-corrected chi connectivity index (χ3v) is 4.77. The highest BCUT2D eigenvalue weighted by Crippen LogP contribution is 2.26. The van der Waals surface area contributed by atoms with Gasteiger partial charge in [0, 0.05) is 38.5 Å². The second kappa shape index (κ2) is 6.53. The molecule has 2 atom stereocenters. The highest BCUT2D eigenvalue weighted by molar-refractivity contribution is 7.14. The smallest absolute Gasteiger partial charge is 0.308 e. The van der Waals surface area contributed by atoms with E-state index in [1.807, 2.05) is 19.2 Å². The zero-order valence-corrected chi connectivity index (χ0v) is 13.4. The lowest BCUT2D eigenvalue weighted by atomic mass is 9.99. The summed E-state index contributed by atoms with van der Waals surface area (Å²) in [4.78, 5) is 30.9. The summed E-state index contributed by atoms with van der Waals surface area (Å²) in [7, 11) is 0. The molecule has 1 aliphatic heterocycles. The minimum absolute atomic E-state index is 0.0147. The van der Waals surface area contributed by atoms with Crippen LogP contribution >= 0.6 is 11.3 Å². The second-order valence-corrected chi connectivity index (χ2v) is 6.34. The van der Waals surface area contributed by atoms with Gasteiger partial charge in [0.2, 0.25) is 5.91 Å². The summed E-state index contributed by atoms with van der Waals surface area (Å²) >= 11 is 1.45. The summed E-state index contributed by atoms with van der Waals surface area (Å²) in [5.41, 5.74) is 0.896. The largest absolute Gasteiger partial charge is 0.481 e. The minimum atomic E-state index is -0.724. The van der Waals surface area contributed by atoms with Gasteiger partial charge < -0.3 is 5.11 Å². The average Bonchev–Trinajstić information content (AvgIpc) is 2.97. The fraction of sp³-hybridized carbons (Fsp3) is 0.643. The van der Waals surface area contributed by atoms with Crippen LogP contribution in [0, 0.1) is 11.8 Å². The molecule has 1 N–H and O–H groups in total. The summed E-state index contributed by atoms with van der Waals surface area (Å²) in [6, 6.07) is 0. The number of carbonyl (C=O) groups excluding carboxylic acids is 1. The van der Waals surface area contributed by atoms with Crippen LogP contribution in [0.1, 0.15) is 26.5 Å². The minimum Gasteiger partial charge on any atom is -0.481 e. The zero-order chi connectivity index (χ0) is 15.6. The number of thiazole rings is 1. The van der Waals surface area contributed by atoms with Crippen LogP contribution in [0.2, 0.25) is 0 Å². The first kappa shape index (κ1) is 15.9. The number of carboxylic acids is 1. The Hall–Kier alpha value is -1.47. The molecule has 116 valence electrons. The van der Waals surface area contributed by atoms with Crippen molar-refractivity contribution in [1.82, 2.24) is 9.88 Å². The molecule has 0 bridgehead atoms. The number of rotatable bonds is 5. The number of nitrogens with zero attached hydrogens (tertiary/aromatic N) is 3. The van der Waals surface area contributed by atoms with Crippen molar-refractivity contribution in [2.45, 2.75) is 27.3 Å². The Morgan fingerprint density at radius 1 is 1.52 bits per heavy atom. The molecule has 2 rings (SSSR count). The third kappa shape index (κ3) is 3.59. The Labute approximate surface area is 128 Å². The van der Waals surface area contributed by atoms with Crippen molar-refractivity contribution in [2.75, 3.05) is 24.5 Å². The first-order valence-corrected chi connectivity index (χ1v) is 7.98. The monoisotopic (exact) mass is 311 g/mol. The first-order valence-electron chi connectivity index (χ1n) is 7.10. The van der Waals surface area contributed by atoms with E-state index in [9.17, 15) is 9.59 Å². The normalized spacial score (nSPS) is 22.4. The summed E-state index contributed by atoms with van der Waals surface area (Å²) in [5, 5.41) is 11.8. The SMILES string of the molecule is CCN(C(C)=O)c1nc(CN2CC(C)C(C(=O)O)C2)cs1. The molecule has 6 nitrogen and oxygen atoms in total. The van der Waals surface area contributed by atoms with E-state index >= 15 is 0 Å². The summed E-state index contributed by atoms with van der Waals surface area (Å²) in [6.07, 6.45) is 0. The molecule has 1 amide bonds. The molecule has 0 aliphatic carbocycles. The van der Waals surface area contributed by atoms with Crippen LogP contribution in [0.15, 0.2) is 5.38 Å². The van der Waals surface area contributed by atoms with Gasteiger partial charge in [0.1, 0.15) is 0 Å². The fourth-order valence-corrected chi connectivity index (χ4v) is 3.66. The van der Waals surface area contributed by atoms with Crippen LogP contribution in [-0.2, 0) is 16.1 Å². The fourth-order valence-electron chi connectivity index (χ4n) is 2.73. The van der Waals surface area contributed by atoms with E-state index in [0.29, 0.717) is 24.8 Å². The highest BCUT2D eigenvalue weighted by Gasteiger charge is 2.34. The van der Waals surface area contributed by atoms with Gasteiger partial charge in [-0.2, -0.15) is 0 Å². The van der Waals surface area contributed by atoms with Crippen LogP contribution in [-0.4, -0.2) is 46.5 Å². The molecule has 2 heterocycles. The van der Waals surface area contributed by atoms with Gasteiger partial charge in [0.25, 0.3) is 0 Å². The van der Waals surface area contributed by atoms with Gasteiger partial charge >= 0.3 is 5.97 Å². The van der Waals surface area contributed by atoms with E-state index in [1.54, 1.807) is 4.90 Å². The van der Waals surface area contributed by atoms with Gasteiger partial charge in [-0.15, -0.1) is 11.3 Å². The van der Waals surface area contributed by atoms with Crippen molar-refractivity contribution in [2.24, 2.45) is 11.8 Å². The van der Waals surface area contributed by atoms with Gasteiger partial charge in [-0.25, -0.2) is 4.98 Å². The van der Waals surface area contributed by atoms with Crippen molar-refractivity contribution in [3.63, 3.8) is 0 Å². The van der Waals surface area contributed by atoms with Crippen molar-refractivity contribution >= 4 is 28.3 Å². The molecule has 0 radical (unpaired) electrons. The van der Waals surface area contributed by atoms with Crippen LogP contribution in [0.3, 0.4) is 0 Å². The van der Waals surface area contributed by atoms with E-state index in [-0.39, 0.29) is 17.7 Å². The Bertz CT molecular complexity index is 531. The highest BCUT2D eigenvalue weighted by atomic mass is 32.1. The number of carbonyl (C=O) groups is 2. The van der Waals surface area contributed by atoms with Gasteiger partial charge in [0.15, 0.2) is 5.13 Å². The van der Waals surface area contributed by atoms with Gasteiger partial charge in [-0.05, 0) is 12.8 Å². The second-order valence-electron chi connectivity index (χ2n) is 5.50. The van der Waals surface area contributed by atoms with Crippen LogP contribution in [0.4, 0.5) is 5.13 Å². The van der Waals surface area contributed by atoms with E-state index in [1.165, 1.54) is 18.3 Å². The molecule has 2 unspecified atom stereocenters. The lowest BCUT2D eigenvalue weighted by Crippen LogP contribution is -2.28. The summed E-state index contributed by atoms with van der Waals surface area (Å²) in [6.45, 7) is 8.00. The van der Waals surface area contributed by atoms with Crippen molar-refractivity contribution < 1.29 is 14.7 Å². The Balaban J connectivity index is 2.00. The number of hydrogen-bond donors (Lipinski definition) is 1. The number of anilines is 1. The maximum Gasteiger partial charge on any atom is 0.308 e. The van der Waals surface area contributed by atoms with Gasteiger partial charge in [-0.1, -0.05) is 6.92 Å². The van der Waals surface area contributed by atoms with Crippen molar-refractivity contribution in [1.29, 1.82) is 0 Å². The van der Waals surface area contributed by atoms with Crippen LogP contribution in [0.25, 0.3) is 0 Å². The molecule has 1 aromatic rings. The number of aliphatic carboxylic acids is 1. The maximum atomic E-state index is 11.5. The summed E-state index contributed by atoms with van der Waals surface area (Å²) in [5.74, 6) is -0.880. The molecule has 0 saturated carbocycles. The van der Waals surface area contributed by atoms with Crippen LogP contribution in [0.5, 0.6) is 0 Å². The molecule has 7 heteroatoms. The molecule has 0 aromatic carbocycles. The number of hydrogen-bond acceptors (Lipinski definition) is 5. The van der Waals surface area contributed by atoms with Crippen LogP contribution < -0.4 is 4.90 Å². The predicted molar refractivity (Wildman–Crippen MR) is 81.4 cm³/mol. The molecular formula is C14H21N3O3S. The lowest BCUT2D eigenvalue weighted by molar-refractivity contribution is -0.142. The Morgan fingerprint density at radius 3 is 2.76 bits per heavy atom. The van der Waals surface area contributed by atoms with E-state index in [0.717, 1.165) is 12.2 Å². The van der Waals surface area contributed by atoms with Gasteiger partial charge in [-0.3, -0.25) is 19.4 Å². The predicted octanol–water partition coefficient (Wildman–Crippen LogP) is 1.67. The van der Waals surface area contributed by atoms with Gasteiger partial charge in [0.05, 0.1) is 11.6 Å². The quantitative estimate of drug-likeness (QED) is 0.895. The van der Waals surface area contributed by atoms with E-state index in [2.05, 4.69) is 9.88 Å². The third-order valence-electron chi connectivity index (χ3n) is 3.86. The number of amides is 1. The number of carboxylic acid groups (broad SMARTS) is 1. The average molecular weight is 311 g/mol. The van der Waals surface area contributed by atoms with E-state index < -0.39 is 5.97 Å².